The Morgan fingerprint density at radius 2 is 0.525 bits per heavy atom. The first-order chi connectivity index (χ1) is 19.9. The molecule has 0 saturated carbocycles. The van der Waals surface area contributed by atoms with Gasteiger partial charge in [0, 0.05) is 13.2 Å². The molecule has 0 heterocycles. The summed E-state index contributed by atoms with van der Waals surface area (Å²) in [5, 5.41) is 0. The fourth-order valence-electron chi connectivity index (χ4n) is 5.23. The Kier molecular flexibility index (Phi) is 37.8. The van der Waals surface area contributed by atoms with Crippen LogP contribution in [0, 0.1) is 0 Å². The second-order valence-corrected chi connectivity index (χ2v) is 12.1. The van der Waals surface area contributed by atoms with Crippen LogP contribution < -0.4 is 0 Å². The SMILES string of the molecule is CCCCCCCCC=CCCCCCCCCOCCOCCCCCCCCC=CCCCCCCCC. The first-order valence-corrected chi connectivity index (χ1v) is 18.4. The van der Waals surface area contributed by atoms with Crippen molar-refractivity contribution in [1.29, 1.82) is 0 Å². The van der Waals surface area contributed by atoms with Gasteiger partial charge in [0.2, 0.25) is 0 Å². The lowest BCUT2D eigenvalue weighted by Crippen LogP contribution is -2.06. The monoisotopic (exact) mass is 563 g/mol. The number of hydrogen-bond acceptors (Lipinski definition) is 2. The Bertz CT molecular complexity index is 440. The van der Waals surface area contributed by atoms with Crippen LogP contribution >= 0.6 is 0 Å². The number of ether oxygens (including phenoxy) is 2. The zero-order valence-corrected chi connectivity index (χ0v) is 27.8. The molecule has 0 saturated heterocycles. The van der Waals surface area contributed by atoms with E-state index in [4.69, 9.17) is 9.47 Å². The summed E-state index contributed by atoms with van der Waals surface area (Å²) in [7, 11) is 0. The minimum atomic E-state index is 0.761. The molecule has 0 aromatic heterocycles. The van der Waals surface area contributed by atoms with Crippen LogP contribution in [0.2, 0.25) is 0 Å². The molecular weight excluding hydrogens is 488 g/mol. The summed E-state index contributed by atoms with van der Waals surface area (Å²) in [6.07, 6.45) is 47.6. The van der Waals surface area contributed by atoms with Gasteiger partial charge in [0.05, 0.1) is 13.2 Å². The van der Waals surface area contributed by atoms with E-state index in [1.165, 1.54) is 180 Å². The van der Waals surface area contributed by atoms with Crippen LogP contribution in [0.1, 0.15) is 194 Å². The van der Waals surface area contributed by atoms with E-state index < -0.39 is 0 Å². The number of rotatable bonds is 35. The molecule has 0 spiro atoms. The Labute approximate surface area is 253 Å². The molecule has 0 atom stereocenters. The van der Waals surface area contributed by atoms with Gasteiger partial charge in [-0.1, -0.05) is 154 Å². The van der Waals surface area contributed by atoms with Gasteiger partial charge in [0.25, 0.3) is 0 Å². The molecule has 0 radical (unpaired) electrons. The van der Waals surface area contributed by atoms with Gasteiger partial charge in [-0.2, -0.15) is 0 Å². The number of hydrogen-bond donors (Lipinski definition) is 0. The van der Waals surface area contributed by atoms with E-state index in [1.807, 2.05) is 0 Å². The maximum absolute atomic E-state index is 5.75. The lowest BCUT2D eigenvalue weighted by atomic mass is 10.1. The standard InChI is InChI=1S/C38H74O2/c1-3-5-7-9-11-13-15-17-19-21-23-25-27-29-31-33-35-39-37-38-40-36-34-32-30-28-26-24-22-20-18-16-14-12-10-8-6-4-2/h17-20H,3-16,21-38H2,1-2H3. The van der Waals surface area contributed by atoms with Crippen LogP contribution in [-0.4, -0.2) is 26.4 Å². The average molecular weight is 563 g/mol. The lowest BCUT2D eigenvalue weighted by molar-refractivity contribution is 0.0448. The van der Waals surface area contributed by atoms with E-state index in [0.29, 0.717) is 0 Å². The third-order valence-electron chi connectivity index (χ3n) is 7.97. The van der Waals surface area contributed by atoms with Crippen LogP contribution in [0.3, 0.4) is 0 Å². The second-order valence-electron chi connectivity index (χ2n) is 12.1. The van der Waals surface area contributed by atoms with Crippen molar-refractivity contribution in [1.82, 2.24) is 0 Å². The predicted molar refractivity (Wildman–Crippen MR) is 181 cm³/mol. The highest BCUT2D eigenvalue weighted by molar-refractivity contribution is 4.82. The number of allylic oxidation sites excluding steroid dienone is 4. The summed E-state index contributed by atoms with van der Waals surface area (Å²) in [6.45, 7) is 7.90. The molecular formula is C38H74O2. The molecule has 40 heavy (non-hydrogen) atoms. The summed E-state index contributed by atoms with van der Waals surface area (Å²) < 4.78 is 11.5. The van der Waals surface area contributed by atoms with Crippen molar-refractivity contribution in [2.24, 2.45) is 0 Å². The quantitative estimate of drug-likeness (QED) is 0.0565. The van der Waals surface area contributed by atoms with Crippen LogP contribution in [0.15, 0.2) is 24.3 Å². The smallest absolute Gasteiger partial charge is 0.0700 e. The van der Waals surface area contributed by atoms with Gasteiger partial charge in [0.15, 0.2) is 0 Å². The zero-order chi connectivity index (χ0) is 28.9. The van der Waals surface area contributed by atoms with Crippen molar-refractivity contribution in [2.75, 3.05) is 26.4 Å². The van der Waals surface area contributed by atoms with Gasteiger partial charge in [-0.25, -0.2) is 0 Å². The van der Waals surface area contributed by atoms with Crippen molar-refractivity contribution in [3.8, 4) is 0 Å². The molecule has 0 rings (SSSR count). The first-order valence-electron chi connectivity index (χ1n) is 18.4. The molecule has 0 aliphatic carbocycles. The molecule has 2 nitrogen and oxygen atoms in total. The Balaban J connectivity index is 3.09. The van der Waals surface area contributed by atoms with E-state index in [-0.39, 0.29) is 0 Å². The van der Waals surface area contributed by atoms with Crippen molar-refractivity contribution >= 4 is 0 Å². The Morgan fingerprint density at radius 1 is 0.275 bits per heavy atom. The maximum atomic E-state index is 5.75. The van der Waals surface area contributed by atoms with Gasteiger partial charge in [-0.15, -0.1) is 0 Å². The zero-order valence-electron chi connectivity index (χ0n) is 27.8. The van der Waals surface area contributed by atoms with E-state index >= 15 is 0 Å². The van der Waals surface area contributed by atoms with Gasteiger partial charge < -0.3 is 9.47 Å². The maximum Gasteiger partial charge on any atom is 0.0700 e. The van der Waals surface area contributed by atoms with E-state index in [9.17, 15) is 0 Å². The van der Waals surface area contributed by atoms with Crippen molar-refractivity contribution in [3.05, 3.63) is 24.3 Å². The largest absolute Gasteiger partial charge is 0.379 e. The van der Waals surface area contributed by atoms with Gasteiger partial charge in [-0.3, -0.25) is 0 Å². The molecule has 0 aliphatic heterocycles. The van der Waals surface area contributed by atoms with Crippen LogP contribution in [-0.2, 0) is 9.47 Å². The lowest BCUT2D eigenvalue weighted by Gasteiger charge is -2.06. The minimum absolute atomic E-state index is 0.761. The molecule has 0 aromatic carbocycles. The Morgan fingerprint density at radius 3 is 0.825 bits per heavy atom. The van der Waals surface area contributed by atoms with E-state index in [0.717, 1.165) is 26.4 Å². The molecule has 0 aliphatic rings. The molecule has 0 unspecified atom stereocenters. The van der Waals surface area contributed by atoms with E-state index in [2.05, 4.69) is 38.2 Å². The predicted octanol–water partition coefficient (Wildman–Crippen LogP) is 13.1. The molecule has 0 aromatic rings. The highest BCUT2D eigenvalue weighted by atomic mass is 16.5. The van der Waals surface area contributed by atoms with Gasteiger partial charge in [-0.05, 0) is 64.2 Å². The first kappa shape index (κ1) is 39.4. The number of unbranched alkanes of at least 4 members (excludes halogenated alkanes) is 24. The normalized spacial score (nSPS) is 11.9. The van der Waals surface area contributed by atoms with Gasteiger partial charge >= 0.3 is 0 Å². The molecule has 238 valence electrons. The molecule has 0 bridgehead atoms. The van der Waals surface area contributed by atoms with Gasteiger partial charge in [0.1, 0.15) is 0 Å². The minimum Gasteiger partial charge on any atom is -0.379 e. The Hall–Kier alpha value is -0.600. The average Bonchev–Trinajstić information content (AvgIpc) is 2.97. The van der Waals surface area contributed by atoms with Crippen LogP contribution in [0.5, 0.6) is 0 Å². The second kappa shape index (κ2) is 38.4. The summed E-state index contributed by atoms with van der Waals surface area (Å²) >= 11 is 0. The summed E-state index contributed by atoms with van der Waals surface area (Å²) in [5.41, 5.74) is 0. The summed E-state index contributed by atoms with van der Waals surface area (Å²) in [4.78, 5) is 0. The molecule has 0 amide bonds. The molecule has 0 N–H and O–H groups in total. The third-order valence-corrected chi connectivity index (χ3v) is 7.97. The fraction of sp³-hybridized carbons (Fsp3) is 0.895. The summed E-state index contributed by atoms with van der Waals surface area (Å²) in [5.74, 6) is 0. The van der Waals surface area contributed by atoms with Crippen LogP contribution in [0.4, 0.5) is 0 Å². The highest BCUT2D eigenvalue weighted by Crippen LogP contribution is 2.11. The summed E-state index contributed by atoms with van der Waals surface area (Å²) in [6, 6.07) is 0. The topological polar surface area (TPSA) is 18.5 Å². The van der Waals surface area contributed by atoms with Crippen molar-refractivity contribution < 1.29 is 9.47 Å². The van der Waals surface area contributed by atoms with Crippen molar-refractivity contribution in [3.63, 3.8) is 0 Å². The van der Waals surface area contributed by atoms with Crippen molar-refractivity contribution in [2.45, 2.75) is 194 Å². The molecule has 0 fully saturated rings. The van der Waals surface area contributed by atoms with Crippen LogP contribution in [0.25, 0.3) is 0 Å². The molecule has 2 heteroatoms. The van der Waals surface area contributed by atoms with E-state index in [1.54, 1.807) is 0 Å². The third kappa shape index (κ3) is 37.4. The highest BCUT2D eigenvalue weighted by Gasteiger charge is 1.95. The fourth-order valence-corrected chi connectivity index (χ4v) is 5.23.